The molecule has 1 N–H and O–H groups in total. The number of ether oxygens (including phenoxy) is 1. The van der Waals surface area contributed by atoms with Gasteiger partial charge in [-0.1, -0.05) is 0 Å². The molecule has 0 amide bonds. The van der Waals surface area contributed by atoms with E-state index in [4.69, 9.17) is 0 Å². The lowest BCUT2D eigenvalue weighted by Crippen LogP contribution is -2.40. The number of rotatable bonds is 2. The third-order valence-corrected chi connectivity index (χ3v) is 2.41. The van der Waals surface area contributed by atoms with Crippen molar-refractivity contribution in [2.45, 2.75) is 19.5 Å². The number of ketones is 1. The monoisotopic (exact) mass is 252 g/mol. The van der Waals surface area contributed by atoms with Gasteiger partial charge in [0.05, 0.1) is 12.5 Å². The van der Waals surface area contributed by atoms with Gasteiger partial charge in [0.1, 0.15) is 11.7 Å². The summed E-state index contributed by atoms with van der Waals surface area (Å²) in [4.78, 5) is 22.3. The summed E-state index contributed by atoms with van der Waals surface area (Å²) in [6, 6.07) is 0. The number of aliphatic hydroxyl groups is 1. The van der Waals surface area contributed by atoms with E-state index < -0.39 is 41.9 Å². The number of aliphatic hydroxyl groups excluding tert-OH is 1. The van der Waals surface area contributed by atoms with Gasteiger partial charge in [-0.3, -0.25) is 9.59 Å². The van der Waals surface area contributed by atoms with E-state index in [0.717, 1.165) is 0 Å². The molecule has 2 unspecified atom stereocenters. The summed E-state index contributed by atoms with van der Waals surface area (Å²) in [5.41, 5.74) is 0. The maximum absolute atomic E-state index is 12.6. The molecule has 0 bridgehead atoms. The van der Waals surface area contributed by atoms with E-state index in [2.05, 4.69) is 4.74 Å². The van der Waals surface area contributed by atoms with Crippen molar-refractivity contribution < 1.29 is 32.6 Å². The molecule has 1 aliphatic rings. The maximum Gasteiger partial charge on any atom is 0.393 e. The van der Waals surface area contributed by atoms with Gasteiger partial charge in [-0.2, -0.15) is 13.2 Å². The molecule has 7 heteroatoms. The SMILES string of the molecule is CCOC(=O)C1C(O)=CC(=O)CC1C(F)(F)F. The lowest BCUT2D eigenvalue weighted by molar-refractivity contribution is -0.200. The van der Waals surface area contributed by atoms with E-state index in [1.54, 1.807) is 0 Å². The molecular weight excluding hydrogens is 241 g/mol. The number of hydrogen-bond donors (Lipinski definition) is 1. The second-order valence-electron chi connectivity index (χ2n) is 3.62. The van der Waals surface area contributed by atoms with Crippen molar-refractivity contribution in [3.63, 3.8) is 0 Å². The molecule has 2 atom stereocenters. The van der Waals surface area contributed by atoms with E-state index in [-0.39, 0.29) is 6.61 Å². The van der Waals surface area contributed by atoms with Gasteiger partial charge < -0.3 is 9.84 Å². The highest BCUT2D eigenvalue weighted by Crippen LogP contribution is 2.40. The van der Waals surface area contributed by atoms with Gasteiger partial charge in [0.2, 0.25) is 0 Å². The van der Waals surface area contributed by atoms with Gasteiger partial charge in [-0.15, -0.1) is 0 Å². The largest absolute Gasteiger partial charge is 0.511 e. The number of alkyl halides is 3. The zero-order chi connectivity index (χ0) is 13.2. The lowest BCUT2D eigenvalue weighted by Gasteiger charge is -2.29. The molecule has 4 nitrogen and oxygen atoms in total. The van der Waals surface area contributed by atoms with Gasteiger partial charge in [-0.25, -0.2) is 0 Å². The van der Waals surface area contributed by atoms with Crippen LogP contribution in [-0.2, 0) is 14.3 Å². The first-order chi connectivity index (χ1) is 7.77. The second-order valence-corrected chi connectivity index (χ2v) is 3.62. The predicted octanol–water partition coefficient (Wildman–Crippen LogP) is 1.76. The molecule has 0 aromatic rings. The fourth-order valence-corrected chi connectivity index (χ4v) is 1.68. The summed E-state index contributed by atoms with van der Waals surface area (Å²) in [5.74, 6) is -6.98. The molecule has 0 aromatic carbocycles. The summed E-state index contributed by atoms with van der Waals surface area (Å²) < 4.78 is 42.4. The zero-order valence-electron chi connectivity index (χ0n) is 8.95. The van der Waals surface area contributed by atoms with E-state index in [9.17, 15) is 27.9 Å². The highest BCUT2D eigenvalue weighted by molar-refractivity contribution is 5.93. The van der Waals surface area contributed by atoms with Crippen LogP contribution in [0.15, 0.2) is 11.8 Å². The topological polar surface area (TPSA) is 63.6 Å². The average molecular weight is 252 g/mol. The van der Waals surface area contributed by atoms with Crippen LogP contribution in [0.4, 0.5) is 13.2 Å². The first-order valence-corrected chi connectivity index (χ1v) is 4.94. The van der Waals surface area contributed by atoms with Crippen molar-refractivity contribution in [3.05, 3.63) is 11.8 Å². The Hall–Kier alpha value is -1.53. The summed E-state index contributed by atoms with van der Waals surface area (Å²) >= 11 is 0. The lowest BCUT2D eigenvalue weighted by atomic mass is 9.81. The minimum absolute atomic E-state index is 0.0961. The van der Waals surface area contributed by atoms with E-state index in [0.29, 0.717) is 6.08 Å². The molecule has 96 valence electrons. The molecule has 0 aliphatic heterocycles. The first kappa shape index (κ1) is 13.5. The smallest absolute Gasteiger partial charge is 0.393 e. The number of carbonyl (C=O) groups excluding carboxylic acids is 2. The molecule has 1 rings (SSSR count). The van der Waals surface area contributed by atoms with Gasteiger partial charge >= 0.3 is 12.1 Å². The number of esters is 1. The van der Waals surface area contributed by atoms with Crippen LogP contribution in [0.3, 0.4) is 0 Å². The van der Waals surface area contributed by atoms with Crippen LogP contribution < -0.4 is 0 Å². The third-order valence-electron chi connectivity index (χ3n) is 2.41. The quantitative estimate of drug-likeness (QED) is 0.760. The van der Waals surface area contributed by atoms with Gasteiger partial charge in [-0.05, 0) is 6.92 Å². The van der Waals surface area contributed by atoms with Gasteiger partial charge in [0, 0.05) is 12.5 Å². The molecule has 0 saturated carbocycles. The molecule has 0 saturated heterocycles. The minimum atomic E-state index is -4.74. The first-order valence-electron chi connectivity index (χ1n) is 4.94. The molecule has 0 aromatic heterocycles. The number of carbonyl (C=O) groups is 2. The number of hydrogen-bond acceptors (Lipinski definition) is 4. The molecule has 17 heavy (non-hydrogen) atoms. The summed E-state index contributed by atoms with van der Waals surface area (Å²) in [6.07, 6.45) is -4.95. The highest BCUT2D eigenvalue weighted by Gasteiger charge is 2.52. The molecule has 0 heterocycles. The Morgan fingerprint density at radius 1 is 1.59 bits per heavy atom. The third kappa shape index (κ3) is 2.98. The number of halogens is 3. The molecule has 0 spiro atoms. The average Bonchev–Trinajstić information content (AvgIpc) is 2.15. The van der Waals surface area contributed by atoms with Gasteiger partial charge in [0.25, 0.3) is 0 Å². The normalized spacial score (nSPS) is 25.4. The number of allylic oxidation sites excluding steroid dienone is 1. The Morgan fingerprint density at radius 2 is 2.18 bits per heavy atom. The molecule has 0 radical (unpaired) electrons. The Kier molecular flexibility index (Phi) is 3.79. The summed E-state index contributed by atoms with van der Waals surface area (Å²) in [7, 11) is 0. The fraction of sp³-hybridized carbons (Fsp3) is 0.600. The van der Waals surface area contributed by atoms with Crippen LogP contribution in [0.25, 0.3) is 0 Å². The second kappa shape index (κ2) is 4.77. The Labute approximate surface area is 95.1 Å². The van der Waals surface area contributed by atoms with Crippen molar-refractivity contribution in [3.8, 4) is 0 Å². The molecule has 1 aliphatic carbocycles. The van der Waals surface area contributed by atoms with Crippen LogP contribution in [0.2, 0.25) is 0 Å². The Bertz CT molecular complexity index is 359. The maximum atomic E-state index is 12.6. The highest BCUT2D eigenvalue weighted by atomic mass is 19.4. The zero-order valence-corrected chi connectivity index (χ0v) is 8.95. The van der Waals surface area contributed by atoms with Crippen molar-refractivity contribution in [1.82, 2.24) is 0 Å². The summed E-state index contributed by atoms with van der Waals surface area (Å²) in [5, 5.41) is 9.31. The molecular formula is C10H11F3O4. The fourth-order valence-electron chi connectivity index (χ4n) is 1.68. The Balaban J connectivity index is 3.06. The van der Waals surface area contributed by atoms with Crippen molar-refractivity contribution in [2.24, 2.45) is 11.8 Å². The summed E-state index contributed by atoms with van der Waals surface area (Å²) in [6.45, 7) is 1.34. The van der Waals surface area contributed by atoms with Crippen LogP contribution in [0.1, 0.15) is 13.3 Å². The van der Waals surface area contributed by atoms with Crippen LogP contribution in [0, 0.1) is 11.8 Å². The predicted molar refractivity (Wildman–Crippen MR) is 50.0 cm³/mol. The minimum Gasteiger partial charge on any atom is -0.511 e. The standard InChI is InChI=1S/C10H11F3O4/c1-2-17-9(16)8-6(10(11,12)13)3-5(14)4-7(8)15/h4,6,8,15H,2-3H2,1H3. The van der Waals surface area contributed by atoms with Gasteiger partial charge in [0.15, 0.2) is 5.78 Å². The molecule has 0 fully saturated rings. The van der Waals surface area contributed by atoms with E-state index >= 15 is 0 Å². The van der Waals surface area contributed by atoms with Crippen molar-refractivity contribution in [1.29, 1.82) is 0 Å². The van der Waals surface area contributed by atoms with Crippen LogP contribution >= 0.6 is 0 Å². The van der Waals surface area contributed by atoms with Crippen LogP contribution in [0.5, 0.6) is 0 Å². The van der Waals surface area contributed by atoms with E-state index in [1.165, 1.54) is 6.92 Å². The van der Waals surface area contributed by atoms with E-state index in [1.807, 2.05) is 0 Å². The van der Waals surface area contributed by atoms with Crippen molar-refractivity contribution in [2.75, 3.05) is 6.61 Å². The van der Waals surface area contributed by atoms with Crippen LogP contribution in [-0.4, -0.2) is 29.6 Å². The Morgan fingerprint density at radius 3 is 2.65 bits per heavy atom. The van der Waals surface area contributed by atoms with Crippen molar-refractivity contribution >= 4 is 11.8 Å².